The van der Waals surface area contributed by atoms with E-state index in [1.165, 1.54) is 0 Å². The van der Waals surface area contributed by atoms with Gasteiger partial charge in [0.2, 0.25) is 5.91 Å². The van der Waals surface area contributed by atoms with Gasteiger partial charge in [0, 0.05) is 31.1 Å². The van der Waals surface area contributed by atoms with Crippen LogP contribution in [0.4, 0.5) is 0 Å². The highest BCUT2D eigenvalue weighted by atomic mass is 35.5. The number of carbonyl (C=O) groups is 2. The first kappa shape index (κ1) is 19.3. The fourth-order valence-electron chi connectivity index (χ4n) is 2.47. The summed E-state index contributed by atoms with van der Waals surface area (Å²) in [5.74, 6) is 0.491. The average molecular weight is 342 g/mol. The minimum atomic E-state index is -0.175. The van der Waals surface area contributed by atoms with Crippen molar-refractivity contribution in [2.45, 2.75) is 25.3 Å². The Morgan fingerprint density at radius 2 is 2.09 bits per heavy atom. The maximum Gasteiger partial charge on any atom is 0.251 e. The SMILES string of the molecule is COc1cccc(C(=O)NCCNC(=O)CC2CCCN2)c1.Cl. The quantitative estimate of drug-likeness (QED) is 0.649. The summed E-state index contributed by atoms with van der Waals surface area (Å²) in [6, 6.07) is 7.26. The number of nitrogens with one attached hydrogen (secondary N) is 3. The molecule has 0 saturated carbocycles. The van der Waals surface area contributed by atoms with E-state index >= 15 is 0 Å². The van der Waals surface area contributed by atoms with E-state index in [0.717, 1.165) is 19.4 Å². The molecule has 1 aromatic rings. The second kappa shape index (κ2) is 10.1. The Morgan fingerprint density at radius 1 is 1.30 bits per heavy atom. The van der Waals surface area contributed by atoms with Crippen LogP contribution in [0.15, 0.2) is 24.3 Å². The van der Waals surface area contributed by atoms with Crippen molar-refractivity contribution in [3.8, 4) is 5.75 Å². The number of hydrogen-bond donors (Lipinski definition) is 3. The molecule has 0 aromatic heterocycles. The van der Waals surface area contributed by atoms with E-state index in [1.54, 1.807) is 31.4 Å². The van der Waals surface area contributed by atoms with E-state index in [1.807, 2.05) is 0 Å². The molecule has 1 aliphatic heterocycles. The average Bonchev–Trinajstić information content (AvgIpc) is 3.04. The first-order valence-corrected chi connectivity index (χ1v) is 7.61. The first-order chi connectivity index (χ1) is 10.7. The van der Waals surface area contributed by atoms with Gasteiger partial charge < -0.3 is 20.7 Å². The molecule has 1 atom stereocenters. The molecule has 0 spiro atoms. The van der Waals surface area contributed by atoms with Crippen molar-refractivity contribution in [1.29, 1.82) is 0 Å². The number of carbonyl (C=O) groups excluding carboxylic acids is 2. The van der Waals surface area contributed by atoms with Crippen LogP contribution in [-0.2, 0) is 4.79 Å². The van der Waals surface area contributed by atoms with Crippen molar-refractivity contribution in [2.75, 3.05) is 26.7 Å². The summed E-state index contributed by atoms with van der Waals surface area (Å²) in [6.07, 6.45) is 2.69. The minimum absolute atomic E-state index is 0. The summed E-state index contributed by atoms with van der Waals surface area (Å²) in [4.78, 5) is 23.7. The normalized spacial score (nSPS) is 16.3. The molecule has 2 amide bonds. The van der Waals surface area contributed by atoms with Crippen molar-refractivity contribution in [2.24, 2.45) is 0 Å². The summed E-state index contributed by atoms with van der Waals surface area (Å²) in [6.45, 7) is 1.83. The third-order valence-electron chi connectivity index (χ3n) is 3.66. The van der Waals surface area contributed by atoms with Gasteiger partial charge in [0.05, 0.1) is 7.11 Å². The summed E-state index contributed by atoms with van der Waals surface area (Å²) >= 11 is 0. The summed E-state index contributed by atoms with van der Waals surface area (Å²) < 4.78 is 5.08. The topological polar surface area (TPSA) is 79.5 Å². The van der Waals surface area contributed by atoms with Gasteiger partial charge in [-0.15, -0.1) is 12.4 Å². The van der Waals surface area contributed by atoms with Gasteiger partial charge in [0.15, 0.2) is 0 Å². The van der Waals surface area contributed by atoms with Gasteiger partial charge in [-0.05, 0) is 37.6 Å². The van der Waals surface area contributed by atoms with Crippen LogP contribution >= 0.6 is 12.4 Å². The molecular weight excluding hydrogens is 318 g/mol. The molecule has 0 aliphatic carbocycles. The van der Waals surface area contributed by atoms with E-state index in [-0.39, 0.29) is 24.2 Å². The monoisotopic (exact) mass is 341 g/mol. The van der Waals surface area contributed by atoms with Crippen molar-refractivity contribution in [3.05, 3.63) is 29.8 Å². The highest BCUT2D eigenvalue weighted by Crippen LogP contribution is 2.12. The standard InChI is InChI=1S/C16H23N3O3.ClH/c1-22-14-6-2-4-12(10-14)16(21)19-9-8-18-15(20)11-13-5-3-7-17-13;/h2,4,6,10,13,17H,3,5,7-9,11H2,1H3,(H,18,20)(H,19,21);1H. The van der Waals surface area contributed by atoms with Crippen LogP contribution in [0.5, 0.6) is 5.75 Å². The predicted molar refractivity (Wildman–Crippen MR) is 91.2 cm³/mol. The molecule has 2 rings (SSSR count). The highest BCUT2D eigenvalue weighted by molar-refractivity contribution is 5.94. The molecule has 1 fully saturated rings. The number of amides is 2. The van der Waals surface area contributed by atoms with Gasteiger partial charge in [-0.2, -0.15) is 0 Å². The van der Waals surface area contributed by atoms with E-state index in [0.29, 0.717) is 36.9 Å². The number of hydrogen-bond acceptors (Lipinski definition) is 4. The molecule has 6 nitrogen and oxygen atoms in total. The number of methoxy groups -OCH3 is 1. The zero-order valence-corrected chi connectivity index (χ0v) is 14.1. The Labute approximate surface area is 142 Å². The van der Waals surface area contributed by atoms with Crippen LogP contribution in [0.1, 0.15) is 29.6 Å². The molecular formula is C16H24ClN3O3. The summed E-state index contributed by atoms with van der Waals surface area (Å²) in [7, 11) is 1.56. The molecule has 23 heavy (non-hydrogen) atoms. The van der Waals surface area contributed by atoms with E-state index < -0.39 is 0 Å². The number of rotatable bonds is 7. The van der Waals surface area contributed by atoms with Crippen molar-refractivity contribution in [1.82, 2.24) is 16.0 Å². The fourth-order valence-corrected chi connectivity index (χ4v) is 2.47. The van der Waals surface area contributed by atoms with Crippen molar-refractivity contribution >= 4 is 24.2 Å². The Hall–Kier alpha value is -1.79. The molecule has 1 saturated heterocycles. The fraction of sp³-hybridized carbons (Fsp3) is 0.500. The van der Waals surface area contributed by atoms with E-state index in [2.05, 4.69) is 16.0 Å². The second-order valence-corrected chi connectivity index (χ2v) is 5.34. The molecule has 0 bridgehead atoms. The lowest BCUT2D eigenvalue weighted by atomic mass is 10.1. The van der Waals surface area contributed by atoms with Gasteiger partial charge in [0.25, 0.3) is 5.91 Å². The lowest BCUT2D eigenvalue weighted by Gasteiger charge is -2.11. The zero-order chi connectivity index (χ0) is 15.8. The molecule has 1 unspecified atom stereocenters. The Morgan fingerprint density at radius 3 is 2.78 bits per heavy atom. The van der Waals surface area contributed by atoms with Gasteiger partial charge >= 0.3 is 0 Å². The molecule has 1 heterocycles. The largest absolute Gasteiger partial charge is 0.497 e. The van der Waals surface area contributed by atoms with Crippen LogP contribution < -0.4 is 20.7 Å². The maximum atomic E-state index is 11.9. The smallest absolute Gasteiger partial charge is 0.251 e. The van der Waals surface area contributed by atoms with Crippen LogP contribution in [0.3, 0.4) is 0 Å². The number of benzene rings is 1. The zero-order valence-electron chi connectivity index (χ0n) is 13.3. The molecule has 3 N–H and O–H groups in total. The molecule has 1 aliphatic rings. The Balaban J connectivity index is 0.00000264. The third-order valence-corrected chi connectivity index (χ3v) is 3.66. The third kappa shape index (κ3) is 6.46. The van der Waals surface area contributed by atoms with Crippen LogP contribution in [0.25, 0.3) is 0 Å². The molecule has 7 heteroatoms. The predicted octanol–water partition coefficient (Wildman–Crippen LogP) is 1.11. The van der Waals surface area contributed by atoms with Crippen LogP contribution in [0.2, 0.25) is 0 Å². The lowest BCUT2D eigenvalue weighted by molar-refractivity contribution is -0.121. The van der Waals surface area contributed by atoms with Gasteiger partial charge in [-0.25, -0.2) is 0 Å². The van der Waals surface area contributed by atoms with Crippen LogP contribution in [-0.4, -0.2) is 44.6 Å². The van der Waals surface area contributed by atoms with E-state index in [4.69, 9.17) is 4.74 Å². The lowest BCUT2D eigenvalue weighted by Crippen LogP contribution is -2.37. The minimum Gasteiger partial charge on any atom is -0.497 e. The van der Waals surface area contributed by atoms with Crippen molar-refractivity contribution in [3.63, 3.8) is 0 Å². The maximum absolute atomic E-state index is 11.9. The Bertz CT molecular complexity index is 519. The highest BCUT2D eigenvalue weighted by Gasteiger charge is 2.17. The Kier molecular flexibility index (Phi) is 8.43. The van der Waals surface area contributed by atoms with E-state index in [9.17, 15) is 9.59 Å². The summed E-state index contributed by atoms with van der Waals surface area (Å²) in [5, 5.41) is 8.88. The van der Waals surface area contributed by atoms with Crippen LogP contribution in [0, 0.1) is 0 Å². The van der Waals surface area contributed by atoms with Gasteiger partial charge in [-0.3, -0.25) is 9.59 Å². The first-order valence-electron chi connectivity index (χ1n) is 7.61. The van der Waals surface area contributed by atoms with Gasteiger partial charge in [-0.1, -0.05) is 6.07 Å². The van der Waals surface area contributed by atoms with Crippen molar-refractivity contribution < 1.29 is 14.3 Å². The number of halogens is 1. The second-order valence-electron chi connectivity index (χ2n) is 5.34. The summed E-state index contributed by atoms with van der Waals surface area (Å²) in [5.41, 5.74) is 0.542. The molecule has 0 radical (unpaired) electrons. The van der Waals surface area contributed by atoms with Gasteiger partial charge in [0.1, 0.15) is 5.75 Å². The molecule has 128 valence electrons. The molecule has 1 aromatic carbocycles. The number of ether oxygens (including phenoxy) is 1.